The molecule has 0 aliphatic heterocycles. The molecule has 10 heteroatoms. The molecular weight excluding hydrogens is 486 g/mol. The fraction of sp³-hybridized carbons (Fsp3) is 0.0385. The van der Waals surface area contributed by atoms with Gasteiger partial charge >= 0.3 is 11.9 Å². The van der Waals surface area contributed by atoms with E-state index >= 15 is 0 Å². The lowest BCUT2D eigenvalue weighted by atomic mass is 9.99. The summed E-state index contributed by atoms with van der Waals surface area (Å²) in [5.74, 6) is -2.17. The Kier molecular flexibility index (Phi) is 6.56. The molecule has 0 unspecified atom stereocenters. The van der Waals surface area contributed by atoms with Crippen LogP contribution in [0.5, 0.6) is 5.75 Å². The van der Waals surface area contributed by atoms with Gasteiger partial charge in [0.25, 0.3) is 10.1 Å². The Morgan fingerprint density at radius 2 is 1.14 bits per heavy atom. The van der Waals surface area contributed by atoms with Crippen molar-refractivity contribution in [1.82, 2.24) is 4.98 Å². The molecule has 0 atom stereocenters. The number of aromatic carboxylic acids is 2. The van der Waals surface area contributed by atoms with Crippen LogP contribution in [-0.2, 0) is 10.1 Å². The molecule has 4 aromatic rings. The van der Waals surface area contributed by atoms with Crippen LogP contribution < -0.4 is 4.74 Å². The number of carboxylic acids is 2. The molecule has 36 heavy (non-hydrogen) atoms. The summed E-state index contributed by atoms with van der Waals surface area (Å²) in [5.41, 5.74) is 3.34. The normalized spacial score (nSPS) is 11.2. The molecule has 0 bridgehead atoms. The number of carbonyl (C=O) groups is 2. The second kappa shape index (κ2) is 9.61. The van der Waals surface area contributed by atoms with Crippen molar-refractivity contribution < 1.29 is 37.5 Å². The predicted octanol–water partition coefficient (Wildman–Crippen LogP) is 4.73. The third kappa shape index (κ3) is 5.09. The lowest BCUT2D eigenvalue weighted by molar-refractivity contribution is 0.0686. The Balaban J connectivity index is 1.91. The van der Waals surface area contributed by atoms with Crippen molar-refractivity contribution in [3.8, 4) is 39.4 Å². The van der Waals surface area contributed by atoms with Gasteiger partial charge in [-0.15, -0.1) is 0 Å². The van der Waals surface area contributed by atoms with Crippen LogP contribution in [0.25, 0.3) is 33.6 Å². The largest absolute Gasteiger partial charge is 0.495 e. The van der Waals surface area contributed by atoms with E-state index in [0.29, 0.717) is 33.6 Å². The molecule has 3 aromatic carbocycles. The van der Waals surface area contributed by atoms with E-state index < -0.39 is 27.0 Å². The molecule has 0 aliphatic carbocycles. The van der Waals surface area contributed by atoms with Crippen LogP contribution in [0.3, 0.4) is 0 Å². The molecule has 4 rings (SSSR count). The highest BCUT2D eigenvalue weighted by Gasteiger charge is 2.19. The third-order valence-electron chi connectivity index (χ3n) is 5.46. The van der Waals surface area contributed by atoms with E-state index in [1.165, 1.54) is 43.5 Å². The number of hydrogen-bond acceptors (Lipinski definition) is 6. The fourth-order valence-electron chi connectivity index (χ4n) is 3.62. The number of nitrogens with zero attached hydrogens (tertiary/aromatic N) is 1. The molecule has 0 amide bonds. The van der Waals surface area contributed by atoms with Crippen LogP contribution in [0.15, 0.2) is 83.8 Å². The first-order valence-corrected chi connectivity index (χ1v) is 11.9. The number of aromatic nitrogens is 1. The summed E-state index contributed by atoms with van der Waals surface area (Å²) in [6, 6.07) is 19.9. The second-order valence-electron chi connectivity index (χ2n) is 7.73. The topological polar surface area (TPSA) is 151 Å². The summed E-state index contributed by atoms with van der Waals surface area (Å²) >= 11 is 0. The van der Waals surface area contributed by atoms with E-state index in [1.807, 2.05) is 0 Å². The summed E-state index contributed by atoms with van der Waals surface area (Å²) in [4.78, 5) is 26.7. The molecule has 0 saturated heterocycles. The van der Waals surface area contributed by atoms with Gasteiger partial charge in [0, 0.05) is 11.1 Å². The monoisotopic (exact) mass is 505 g/mol. The van der Waals surface area contributed by atoms with Gasteiger partial charge in [-0.25, -0.2) is 14.6 Å². The van der Waals surface area contributed by atoms with E-state index in [2.05, 4.69) is 4.98 Å². The Hall–Kier alpha value is -4.54. The van der Waals surface area contributed by atoms with Crippen LogP contribution in [-0.4, -0.2) is 47.2 Å². The highest BCUT2D eigenvalue weighted by molar-refractivity contribution is 7.86. The Morgan fingerprint density at radius 1 is 0.694 bits per heavy atom. The van der Waals surface area contributed by atoms with Crippen molar-refractivity contribution in [3.05, 3.63) is 90.0 Å². The highest BCUT2D eigenvalue weighted by atomic mass is 32.2. The van der Waals surface area contributed by atoms with E-state index in [1.54, 1.807) is 42.5 Å². The minimum Gasteiger partial charge on any atom is -0.495 e. The zero-order valence-corrected chi connectivity index (χ0v) is 19.6. The minimum atomic E-state index is -4.58. The van der Waals surface area contributed by atoms with Crippen molar-refractivity contribution >= 4 is 22.1 Å². The average molecular weight is 506 g/mol. The SMILES string of the molecule is COc1ccc(-c2cc(-c3ccc(C(=O)O)cc3)nc(-c3ccc(C(=O)O)cc3)c2)cc1S(=O)(=O)O. The molecule has 0 saturated carbocycles. The van der Waals surface area contributed by atoms with Crippen LogP contribution in [0.4, 0.5) is 0 Å². The van der Waals surface area contributed by atoms with Crippen molar-refractivity contribution in [3.63, 3.8) is 0 Å². The van der Waals surface area contributed by atoms with Crippen LogP contribution in [0.1, 0.15) is 20.7 Å². The molecule has 3 N–H and O–H groups in total. The number of hydrogen-bond donors (Lipinski definition) is 3. The number of benzene rings is 3. The number of ether oxygens (including phenoxy) is 1. The van der Waals surface area contributed by atoms with Gasteiger partial charge in [-0.05, 0) is 59.7 Å². The van der Waals surface area contributed by atoms with E-state index in [9.17, 15) is 32.8 Å². The number of rotatable bonds is 7. The van der Waals surface area contributed by atoms with Crippen molar-refractivity contribution in [2.75, 3.05) is 7.11 Å². The van der Waals surface area contributed by atoms with Gasteiger partial charge in [-0.1, -0.05) is 30.3 Å². The Bertz CT molecular complexity index is 1500. The average Bonchev–Trinajstić information content (AvgIpc) is 2.87. The first-order chi connectivity index (χ1) is 17.1. The maximum atomic E-state index is 11.9. The zero-order chi connectivity index (χ0) is 26.0. The van der Waals surface area contributed by atoms with Crippen molar-refractivity contribution in [2.45, 2.75) is 4.90 Å². The predicted molar refractivity (Wildman–Crippen MR) is 131 cm³/mol. The molecule has 0 radical (unpaired) electrons. The van der Waals surface area contributed by atoms with Gasteiger partial charge in [-0.2, -0.15) is 8.42 Å². The Morgan fingerprint density at radius 3 is 1.53 bits per heavy atom. The molecule has 1 heterocycles. The lowest BCUT2D eigenvalue weighted by Gasteiger charge is -2.13. The summed E-state index contributed by atoms with van der Waals surface area (Å²) < 4.78 is 38.6. The third-order valence-corrected chi connectivity index (χ3v) is 6.33. The van der Waals surface area contributed by atoms with Gasteiger partial charge in [0.2, 0.25) is 0 Å². The molecule has 0 fully saturated rings. The van der Waals surface area contributed by atoms with Crippen molar-refractivity contribution in [2.24, 2.45) is 0 Å². The summed E-state index contributed by atoms with van der Waals surface area (Å²) in [7, 11) is -3.29. The second-order valence-corrected chi connectivity index (χ2v) is 9.12. The molecular formula is C26H19NO8S. The van der Waals surface area contributed by atoms with Gasteiger partial charge in [0.15, 0.2) is 0 Å². The quantitative estimate of drug-likeness (QED) is 0.303. The highest BCUT2D eigenvalue weighted by Crippen LogP contribution is 2.34. The first kappa shape index (κ1) is 24.6. The molecule has 9 nitrogen and oxygen atoms in total. The number of pyridine rings is 1. The van der Waals surface area contributed by atoms with Crippen LogP contribution >= 0.6 is 0 Å². The van der Waals surface area contributed by atoms with Gasteiger partial charge in [0.1, 0.15) is 10.6 Å². The van der Waals surface area contributed by atoms with Gasteiger partial charge < -0.3 is 14.9 Å². The fourth-order valence-corrected chi connectivity index (χ4v) is 4.30. The van der Waals surface area contributed by atoms with E-state index in [4.69, 9.17) is 4.74 Å². The van der Waals surface area contributed by atoms with E-state index in [-0.39, 0.29) is 16.9 Å². The summed E-state index contributed by atoms with van der Waals surface area (Å²) in [6.07, 6.45) is 0. The standard InChI is InChI=1S/C26H19NO8S/c1-35-23-11-10-19(14-24(23)36(32,33)34)20-12-21(15-2-6-17(7-3-15)25(28)29)27-22(13-20)16-4-8-18(9-5-16)26(30)31/h2-14H,1H3,(H,28,29)(H,30,31)(H,32,33,34). The van der Waals surface area contributed by atoms with Crippen LogP contribution in [0.2, 0.25) is 0 Å². The number of methoxy groups -OCH3 is 1. The summed E-state index contributed by atoms with van der Waals surface area (Å²) in [6.45, 7) is 0. The minimum absolute atomic E-state index is 0.0238. The van der Waals surface area contributed by atoms with Gasteiger partial charge in [0.05, 0.1) is 29.6 Å². The maximum Gasteiger partial charge on any atom is 0.335 e. The van der Waals surface area contributed by atoms with Crippen molar-refractivity contribution in [1.29, 1.82) is 0 Å². The Labute approximate surface area is 206 Å². The number of carboxylic acid groups (broad SMARTS) is 2. The maximum absolute atomic E-state index is 11.9. The molecule has 182 valence electrons. The van der Waals surface area contributed by atoms with E-state index in [0.717, 1.165) is 0 Å². The zero-order valence-electron chi connectivity index (χ0n) is 18.7. The van der Waals surface area contributed by atoms with Gasteiger partial charge in [-0.3, -0.25) is 4.55 Å². The van der Waals surface area contributed by atoms with Crippen LogP contribution in [0, 0.1) is 0 Å². The molecule has 0 aliphatic rings. The lowest BCUT2D eigenvalue weighted by Crippen LogP contribution is -2.02. The summed E-state index contributed by atoms with van der Waals surface area (Å²) in [5, 5.41) is 18.4. The molecule has 1 aromatic heterocycles. The first-order valence-electron chi connectivity index (χ1n) is 10.4. The smallest absolute Gasteiger partial charge is 0.335 e. The molecule has 0 spiro atoms.